The van der Waals surface area contributed by atoms with Crippen LogP contribution in [0.3, 0.4) is 0 Å². The minimum Gasteiger partial charge on any atom is -0.327 e. The lowest BCUT2D eigenvalue weighted by atomic mass is 9.97. The van der Waals surface area contributed by atoms with Crippen LogP contribution in [0, 0.1) is 13.8 Å². The van der Waals surface area contributed by atoms with Crippen molar-refractivity contribution >= 4 is 11.6 Å². The number of piperidine rings is 1. The number of aryl methyl sites for hydroxylation is 2. The molecule has 1 aliphatic rings. The zero-order valence-corrected chi connectivity index (χ0v) is 13.4. The van der Waals surface area contributed by atoms with E-state index in [2.05, 4.69) is 24.1 Å². The van der Waals surface area contributed by atoms with Gasteiger partial charge in [-0.05, 0) is 63.4 Å². The molecule has 1 aromatic carbocycles. The number of carbonyl (C=O) groups is 1. The third kappa shape index (κ3) is 4.29. The van der Waals surface area contributed by atoms with Gasteiger partial charge in [-0.1, -0.05) is 12.5 Å². The van der Waals surface area contributed by atoms with Gasteiger partial charge in [0.2, 0.25) is 5.91 Å². The number of hydrogen-bond donors (Lipinski definition) is 2. The summed E-state index contributed by atoms with van der Waals surface area (Å²) in [5, 5.41) is 3.00. The lowest BCUT2D eigenvalue weighted by Gasteiger charge is -2.37. The summed E-state index contributed by atoms with van der Waals surface area (Å²) in [4.78, 5) is 14.5. The Hall–Kier alpha value is -1.39. The van der Waals surface area contributed by atoms with Gasteiger partial charge < -0.3 is 11.1 Å². The molecule has 2 rings (SSSR count). The second-order valence-corrected chi connectivity index (χ2v) is 6.24. The molecular formula is C17H27N3O. The number of hydrogen-bond acceptors (Lipinski definition) is 3. The lowest BCUT2D eigenvalue weighted by molar-refractivity contribution is -0.118. The van der Waals surface area contributed by atoms with Crippen LogP contribution in [0.25, 0.3) is 0 Å². The monoisotopic (exact) mass is 289 g/mol. The topological polar surface area (TPSA) is 58.4 Å². The van der Waals surface area contributed by atoms with Crippen molar-refractivity contribution in [3.05, 3.63) is 29.3 Å². The lowest BCUT2D eigenvalue weighted by Crippen LogP contribution is -2.51. The second-order valence-electron chi connectivity index (χ2n) is 6.24. The van der Waals surface area contributed by atoms with Crippen molar-refractivity contribution in [1.29, 1.82) is 0 Å². The maximum atomic E-state index is 12.3. The summed E-state index contributed by atoms with van der Waals surface area (Å²) in [6.45, 7) is 7.56. The summed E-state index contributed by atoms with van der Waals surface area (Å²) in [6.07, 6.45) is 3.45. The van der Waals surface area contributed by atoms with E-state index in [4.69, 9.17) is 5.73 Å². The molecule has 1 heterocycles. The zero-order valence-electron chi connectivity index (χ0n) is 13.4. The van der Waals surface area contributed by atoms with Crippen molar-refractivity contribution in [2.24, 2.45) is 5.73 Å². The standard InChI is InChI=1S/C17H27N3O/c1-12-7-8-15(10-13(12)2)19-17(21)11-20-9-5-4-6-16(20)14(3)18/h7-8,10,14,16H,4-6,9,11,18H2,1-3H3,(H,19,21). The van der Waals surface area contributed by atoms with E-state index in [1.165, 1.54) is 17.5 Å². The Bertz CT molecular complexity index is 499. The first-order valence-corrected chi connectivity index (χ1v) is 7.84. The number of nitrogens with one attached hydrogen (secondary N) is 1. The van der Waals surface area contributed by atoms with Crippen molar-refractivity contribution in [3.8, 4) is 0 Å². The van der Waals surface area contributed by atoms with Crippen molar-refractivity contribution in [2.45, 2.75) is 52.1 Å². The van der Waals surface area contributed by atoms with E-state index < -0.39 is 0 Å². The first-order valence-electron chi connectivity index (χ1n) is 7.84. The van der Waals surface area contributed by atoms with E-state index in [1.807, 2.05) is 25.1 Å². The van der Waals surface area contributed by atoms with Crippen LogP contribution in [-0.4, -0.2) is 36.0 Å². The number of anilines is 1. The highest BCUT2D eigenvalue weighted by atomic mass is 16.2. The van der Waals surface area contributed by atoms with Crippen LogP contribution in [0.1, 0.15) is 37.3 Å². The van der Waals surface area contributed by atoms with Gasteiger partial charge in [-0.15, -0.1) is 0 Å². The Morgan fingerprint density at radius 1 is 1.38 bits per heavy atom. The van der Waals surface area contributed by atoms with Gasteiger partial charge in [-0.2, -0.15) is 0 Å². The van der Waals surface area contributed by atoms with E-state index in [1.54, 1.807) is 0 Å². The predicted molar refractivity (Wildman–Crippen MR) is 87.4 cm³/mol. The number of carbonyl (C=O) groups excluding carboxylic acids is 1. The quantitative estimate of drug-likeness (QED) is 0.895. The minimum absolute atomic E-state index is 0.0470. The van der Waals surface area contributed by atoms with Crippen molar-refractivity contribution in [3.63, 3.8) is 0 Å². The largest absolute Gasteiger partial charge is 0.327 e. The summed E-state index contributed by atoms with van der Waals surface area (Å²) >= 11 is 0. The van der Waals surface area contributed by atoms with Crippen LogP contribution in [0.5, 0.6) is 0 Å². The average Bonchev–Trinajstić information content (AvgIpc) is 2.43. The molecule has 21 heavy (non-hydrogen) atoms. The molecule has 1 amide bonds. The number of amides is 1. The number of benzene rings is 1. The van der Waals surface area contributed by atoms with Gasteiger partial charge in [-0.25, -0.2) is 0 Å². The highest BCUT2D eigenvalue weighted by molar-refractivity contribution is 5.92. The molecule has 1 aromatic rings. The number of likely N-dealkylation sites (tertiary alicyclic amines) is 1. The first kappa shape index (κ1) is 16.0. The third-order valence-electron chi connectivity index (χ3n) is 4.41. The fourth-order valence-electron chi connectivity index (χ4n) is 3.01. The van der Waals surface area contributed by atoms with E-state index in [0.29, 0.717) is 12.6 Å². The third-order valence-corrected chi connectivity index (χ3v) is 4.41. The van der Waals surface area contributed by atoms with Crippen LogP contribution < -0.4 is 11.1 Å². The van der Waals surface area contributed by atoms with Gasteiger partial charge in [0.05, 0.1) is 6.54 Å². The molecule has 3 N–H and O–H groups in total. The minimum atomic E-state index is 0.0470. The number of nitrogens with two attached hydrogens (primary N) is 1. The Kier molecular flexibility index (Phi) is 5.37. The highest BCUT2D eigenvalue weighted by Gasteiger charge is 2.26. The van der Waals surface area contributed by atoms with Crippen LogP contribution in [0.2, 0.25) is 0 Å². The summed E-state index contributed by atoms with van der Waals surface area (Å²) in [5.41, 5.74) is 9.35. The molecule has 0 saturated carbocycles. The highest BCUT2D eigenvalue weighted by Crippen LogP contribution is 2.19. The number of rotatable bonds is 4. The molecular weight excluding hydrogens is 262 g/mol. The maximum absolute atomic E-state index is 12.3. The second kappa shape index (κ2) is 7.05. The van der Waals surface area contributed by atoms with Crippen LogP contribution in [-0.2, 0) is 4.79 Å². The molecule has 0 aromatic heterocycles. The van der Waals surface area contributed by atoms with Crippen molar-refractivity contribution in [2.75, 3.05) is 18.4 Å². The first-order chi connectivity index (χ1) is 9.97. The SMILES string of the molecule is Cc1ccc(NC(=O)CN2CCCCC2C(C)N)cc1C. The van der Waals surface area contributed by atoms with Gasteiger partial charge in [0.15, 0.2) is 0 Å². The molecule has 4 nitrogen and oxygen atoms in total. The van der Waals surface area contributed by atoms with Crippen LogP contribution >= 0.6 is 0 Å². The Morgan fingerprint density at radius 3 is 2.81 bits per heavy atom. The van der Waals surface area contributed by atoms with Gasteiger partial charge in [0.25, 0.3) is 0 Å². The Balaban J connectivity index is 1.95. The number of nitrogens with zero attached hydrogens (tertiary/aromatic N) is 1. The van der Waals surface area contributed by atoms with Gasteiger partial charge in [0.1, 0.15) is 0 Å². The predicted octanol–water partition coefficient (Wildman–Crippen LogP) is 2.44. The fraction of sp³-hybridized carbons (Fsp3) is 0.588. The molecule has 116 valence electrons. The molecule has 0 aliphatic carbocycles. The molecule has 2 unspecified atom stereocenters. The van der Waals surface area contributed by atoms with Crippen molar-refractivity contribution in [1.82, 2.24) is 4.90 Å². The summed E-state index contributed by atoms with van der Waals surface area (Å²) in [7, 11) is 0. The fourth-order valence-corrected chi connectivity index (χ4v) is 3.01. The molecule has 1 aliphatic heterocycles. The van der Waals surface area contributed by atoms with Gasteiger partial charge in [-0.3, -0.25) is 9.69 Å². The molecule has 0 spiro atoms. The molecule has 0 radical (unpaired) electrons. The molecule has 1 fully saturated rings. The normalized spacial score (nSPS) is 21.0. The Morgan fingerprint density at radius 2 is 2.14 bits per heavy atom. The summed E-state index contributed by atoms with van der Waals surface area (Å²) < 4.78 is 0. The van der Waals surface area contributed by atoms with E-state index in [-0.39, 0.29) is 11.9 Å². The van der Waals surface area contributed by atoms with Crippen molar-refractivity contribution < 1.29 is 4.79 Å². The van der Waals surface area contributed by atoms with E-state index in [9.17, 15) is 4.79 Å². The average molecular weight is 289 g/mol. The maximum Gasteiger partial charge on any atom is 0.238 e. The molecule has 2 atom stereocenters. The summed E-state index contributed by atoms with van der Waals surface area (Å²) in [5.74, 6) is 0.0470. The summed E-state index contributed by atoms with van der Waals surface area (Å²) in [6, 6.07) is 6.45. The van der Waals surface area contributed by atoms with Crippen LogP contribution in [0.4, 0.5) is 5.69 Å². The molecule has 0 bridgehead atoms. The smallest absolute Gasteiger partial charge is 0.238 e. The van der Waals surface area contributed by atoms with Crippen LogP contribution in [0.15, 0.2) is 18.2 Å². The Labute approximate surface area is 127 Å². The van der Waals surface area contributed by atoms with E-state index in [0.717, 1.165) is 25.1 Å². The van der Waals surface area contributed by atoms with Gasteiger partial charge >= 0.3 is 0 Å². The van der Waals surface area contributed by atoms with Gasteiger partial charge in [0, 0.05) is 17.8 Å². The molecule has 4 heteroatoms. The van der Waals surface area contributed by atoms with E-state index >= 15 is 0 Å². The zero-order chi connectivity index (χ0) is 15.4. The molecule has 1 saturated heterocycles.